The lowest BCUT2D eigenvalue weighted by molar-refractivity contribution is 0.461. The van der Waals surface area contributed by atoms with Gasteiger partial charge in [-0.2, -0.15) is 0 Å². The summed E-state index contributed by atoms with van der Waals surface area (Å²) >= 11 is 0. The Morgan fingerprint density at radius 2 is 2.44 bits per heavy atom. The topological polar surface area (TPSA) is 56.7 Å². The normalized spacial score (nSPS) is 19.7. The van der Waals surface area contributed by atoms with Crippen LogP contribution >= 0.6 is 0 Å². The second kappa shape index (κ2) is 3.42. The standard InChI is InChI=1S/C12H14N4/c1-2-9-5-11-10(6-14-9)15-12-4-3-8(13)7-16(11)12/h2,5-6,8H,1,3-4,7,13H2/t8-/m1/s1. The van der Waals surface area contributed by atoms with E-state index in [1.54, 1.807) is 6.08 Å². The highest BCUT2D eigenvalue weighted by atomic mass is 15.1. The van der Waals surface area contributed by atoms with Gasteiger partial charge in [0.1, 0.15) is 11.3 Å². The first-order valence-corrected chi connectivity index (χ1v) is 5.51. The molecule has 2 N–H and O–H groups in total. The number of hydrogen-bond acceptors (Lipinski definition) is 3. The summed E-state index contributed by atoms with van der Waals surface area (Å²) in [5, 5.41) is 0. The maximum atomic E-state index is 5.99. The fourth-order valence-electron chi connectivity index (χ4n) is 2.24. The maximum absolute atomic E-state index is 5.99. The van der Waals surface area contributed by atoms with Crippen molar-refractivity contribution in [2.75, 3.05) is 0 Å². The van der Waals surface area contributed by atoms with Gasteiger partial charge in [-0.1, -0.05) is 6.58 Å². The van der Waals surface area contributed by atoms with Gasteiger partial charge in [-0.25, -0.2) is 4.98 Å². The zero-order valence-electron chi connectivity index (χ0n) is 9.06. The summed E-state index contributed by atoms with van der Waals surface area (Å²) in [5.41, 5.74) is 8.94. The smallest absolute Gasteiger partial charge is 0.110 e. The molecule has 3 heterocycles. The Morgan fingerprint density at radius 3 is 3.25 bits per heavy atom. The highest BCUT2D eigenvalue weighted by Gasteiger charge is 2.19. The molecule has 0 fully saturated rings. The zero-order chi connectivity index (χ0) is 11.1. The van der Waals surface area contributed by atoms with Crippen LogP contribution in [0.1, 0.15) is 17.9 Å². The molecule has 0 amide bonds. The van der Waals surface area contributed by atoms with E-state index in [2.05, 4.69) is 21.1 Å². The number of nitrogens with zero attached hydrogens (tertiary/aromatic N) is 3. The van der Waals surface area contributed by atoms with Crippen LogP contribution in [0.25, 0.3) is 17.1 Å². The fourth-order valence-corrected chi connectivity index (χ4v) is 2.24. The molecule has 0 aromatic carbocycles. The number of imidazole rings is 1. The summed E-state index contributed by atoms with van der Waals surface area (Å²) in [6.45, 7) is 4.59. The van der Waals surface area contributed by atoms with Crippen LogP contribution in [0.5, 0.6) is 0 Å². The Hall–Kier alpha value is -1.68. The second-order valence-electron chi connectivity index (χ2n) is 4.24. The van der Waals surface area contributed by atoms with Crippen LogP contribution in [-0.2, 0) is 13.0 Å². The third-order valence-corrected chi connectivity index (χ3v) is 3.10. The number of nitrogens with two attached hydrogens (primary N) is 1. The summed E-state index contributed by atoms with van der Waals surface area (Å²) in [7, 11) is 0. The predicted molar refractivity (Wildman–Crippen MR) is 63.9 cm³/mol. The van der Waals surface area contributed by atoms with Gasteiger partial charge in [0, 0.05) is 19.0 Å². The fraction of sp³-hybridized carbons (Fsp3) is 0.333. The van der Waals surface area contributed by atoms with E-state index in [1.807, 2.05) is 12.3 Å². The number of rotatable bonds is 1. The molecule has 2 aromatic heterocycles. The summed E-state index contributed by atoms with van der Waals surface area (Å²) in [5.74, 6) is 1.12. The van der Waals surface area contributed by atoms with Crippen molar-refractivity contribution >= 4 is 17.1 Å². The van der Waals surface area contributed by atoms with Crippen LogP contribution in [-0.4, -0.2) is 20.6 Å². The van der Waals surface area contributed by atoms with E-state index in [0.717, 1.165) is 41.9 Å². The van der Waals surface area contributed by atoms with Gasteiger partial charge in [0.15, 0.2) is 0 Å². The molecular formula is C12H14N4. The van der Waals surface area contributed by atoms with Crippen molar-refractivity contribution in [3.63, 3.8) is 0 Å². The van der Waals surface area contributed by atoms with Gasteiger partial charge in [0.05, 0.1) is 17.4 Å². The number of aromatic nitrogens is 3. The molecular weight excluding hydrogens is 200 g/mol. The summed E-state index contributed by atoms with van der Waals surface area (Å²) in [6, 6.07) is 2.27. The van der Waals surface area contributed by atoms with Crippen LogP contribution in [0.3, 0.4) is 0 Å². The number of aryl methyl sites for hydroxylation is 1. The van der Waals surface area contributed by atoms with Crippen molar-refractivity contribution in [1.82, 2.24) is 14.5 Å². The zero-order valence-corrected chi connectivity index (χ0v) is 9.06. The molecule has 1 aliphatic rings. The molecule has 0 saturated carbocycles. The molecule has 0 unspecified atom stereocenters. The quantitative estimate of drug-likeness (QED) is 0.779. The molecule has 4 heteroatoms. The summed E-state index contributed by atoms with van der Waals surface area (Å²) < 4.78 is 2.21. The van der Waals surface area contributed by atoms with E-state index < -0.39 is 0 Å². The monoisotopic (exact) mass is 214 g/mol. The highest BCUT2D eigenvalue weighted by molar-refractivity contribution is 5.77. The van der Waals surface area contributed by atoms with E-state index >= 15 is 0 Å². The molecule has 1 aliphatic heterocycles. The average Bonchev–Trinajstić information content (AvgIpc) is 2.66. The van der Waals surface area contributed by atoms with Crippen molar-refractivity contribution in [2.24, 2.45) is 5.73 Å². The van der Waals surface area contributed by atoms with E-state index in [1.165, 1.54) is 0 Å². The molecule has 4 nitrogen and oxygen atoms in total. The first kappa shape index (κ1) is 9.54. The Morgan fingerprint density at radius 1 is 1.56 bits per heavy atom. The second-order valence-corrected chi connectivity index (χ2v) is 4.24. The van der Waals surface area contributed by atoms with Crippen LogP contribution in [0, 0.1) is 0 Å². The molecule has 2 aromatic rings. The molecule has 0 spiro atoms. The van der Waals surface area contributed by atoms with Crippen molar-refractivity contribution in [3.05, 3.63) is 30.4 Å². The van der Waals surface area contributed by atoms with Crippen LogP contribution in [0.4, 0.5) is 0 Å². The van der Waals surface area contributed by atoms with E-state index in [0.29, 0.717) is 0 Å². The van der Waals surface area contributed by atoms with Crippen LogP contribution in [0.2, 0.25) is 0 Å². The molecule has 82 valence electrons. The molecule has 1 atom stereocenters. The minimum atomic E-state index is 0.241. The Labute approximate surface area is 93.8 Å². The number of hydrogen-bond donors (Lipinski definition) is 1. The van der Waals surface area contributed by atoms with Crippen molar-refractivity contribution in [2.45, 2.75) is 25.4 Å². The first-order valence-electron chi connectivity index (χ1n) is 5.51. The third-order valence-electron chi connectivity index (χ3n) is 3.10. The summed E-state index contributed by atoms with van der Waals surface area (Å²) in [4.78, 5) is 8.84. The number of pyridine rings is 1. The maximum Gasteiger partial charge on any atom is 0.110 e. The van der Waals surface area contributed by atoms with Crippen molar-refractivity contribution in [3.8, 4) is 0 Å². The van der Waals surface area contributed by atoms with Gasteiger partial charge < -0.3 is 10.3 Å². The lowest BCUT2D eigenvalue weighted by Gasteiger charge is -2.20. The van der Waals surface area contributed by atoms with Gasteiger partial charge in [0.25, 0.3) is 0 Å². The Balaban J connectivity index is 2.23. The Bertz CT molecular complexity index is 555. The average molecular weight is 214 g/mol. The van der Waals surface area contributed by atoms with Crippen LogP contribution in [0.15, 0.2) is 18.8 Å². The Kier molecular flexibility index (Phi) is 2.04. The van der Waals surface area contributed by atoms with Gasteiger partial charge in [0.2, 0.25) is 0 Å². The van der Waals surface area contributed by atoms with Crippen LogP contribution < -0.4 is 5.73 Å². The van der Waals surface area contributed by atoms with E-state index in [9.17, 15) is 0 Å². The predicted octanol–water partition coefficient (Wildman–Crippen LogP) is 1.35. The third kappa shape index (κ3) is 1.34. The minimum absolute atomic E-state index is 0.241. The molecule has 3 rings (SSSR count). The summed E-state index contributed by atoms with van der Waals surface area (Å²) in [6.07, 6.45) is 5.54. The van der Waals surface area contributed by atoms with Gasteiger partial charge in [-0.15, -0.1) is 0 Å². The SMILES string of the molecule is C=Cc1cc2c(cn1)nc1n2C[C@H](N)CC1. The molecule has 0 aliphatic carbocycles. The number of fused-ring (bicyclic) bond motifs is 3. The van der Waals surface area contributed by atoms with E-state index in [4.69, 9.17) is 5.73 Å². The lowest BCUT2D eigenvalue weighted by atomic mass is 10.1. The molecule has 16 heavy (non-hydrogen) atoms. The minimum Gasteiger partial charge on any atom is -0.326 e. The molecule has 0 radical (unpaired) electrons. The highest BCUT2D eigenvalue weighted by Crippen LogP contribution is 2.22. The molecule has 0 saturated heterocycles. The van der Waals surface area contributed by atoms with Gasteiger partial charge in [-0.3, -0.25) is 4.98 Å². The molecule has 0 bridgehead atoms. The van der Waals surface area contributed by atoms with Crippen molar-refractivity contribution in [1.29, 1.82) is 0 Å². The van der Waals surface area contributed by atoms with Crippen molar-refractivity contribution < 1.29 is 0 Å². The van der Waals surface area contributed by atoms with E-state index in [-0.39, 0.29) is 6.04 Å². The largest absolute Gasteiger partial charge is 0.326 e. The lowest BCUT2D eigenvalue weighted by Crippen LogP contribution is -2.31. The van der Waals surface area contributed by atoms with Gasteiger partial charge in [-0.05, 0) is 18.6 Å². The van der Waals surface area contributed by atoms with Gasteiger partial charge >= 0.3 is 0 Å². The first-order chi connectivity index (χ1) is 7.78.